The van der Waals surface area contributed by atoms with Crippen LogP contribution in [0.3, 0.4) is 0 Å². The van der Waals surface area contributed by atoms with Crippen molar-refractivity contribution in [3.05, 3.63) is 0 Å². The molecule has 0 spiro atoms. The molecule has 1 rings (SSSR count). The quantitative estimate of drug-likeness (QED) is 0.666. The topological polar surface area (TPSA) is 84.1 Å². The summed E-state index contributed by atoms with van der Waals surface area (Å²) in [6, 6.07) is 0. The largest absolute Gasteiger partial charge is 0.481 e. The maximum absolute atomic E-state index is 10.4. The first kappa shape index (κ1) is 12.9. The number of tetrazole rings is 1. The number of aliphatic carboxylic acids is 1. The molecule has 0 bridgehead atoms. The van der Waals surface area contributed by atoms with E-state index in [-0.39, 0.29) is 5.75 Å². The van der Waals surface area contributed by atoms with Crippen LogP contribution in [0, 0.1) is 0 Å². The number of carbonyl (C=O) groups is 1. The Morgan fingerprint density at radius 1 is 1.62 bits per heavy atom. The highest BCUT2D eigenvalue weighted by Gasteiger charge is 2.09. The summed E-state index contributed by atoms with van der Waals surface area (Å²) in [6.45, 7) is 4.53. The van der Waals surface area contributed by atoms with Crippen LogP contribution in [0.4, 0.5) is 0 Å². The number of aromatic nitrogens is 4. The Morgan fingerprint density at radius 3 is 3.00 bits per heavy atom. The van der Waals surface area contributed by atoms with Crippen molar-refractivity contribution in [2.24, 2.45) is 0 Å². The van der Waals surface area contributed by atoms with Gasteiger partial charge in [-0.2, -0.15) is 0 Å². The van der Waals surface area contributed by atoms with Crippen molar-refractivity contribution in [3.8, 4) is 0 Å². The van der Waals surface area contributed by atoms with Crippen molar-refractivity contribution in [2.45, 2.75) is 18.6 Å². The van der Waals surface area contributed by atoms with Crippen LogP contribution in [0.2, 0.25) is 0 Å². The van der Waals surface area contributed by atoms with Gasteiger partial charge in [0.15, 0.2) is 0 Å². The van der Waals surface area contributed by atoms with Crippen molar-refractivity contribution >= 4 is 17.7 Å². The van der Waals surface area contributed by atoms with E-state index in [9.17, 15) is 4.79 Å². The molecule has 0 radical (unpaired) electrons. The highest BCUT2D eigenvalue weighted by atomic mass is 32.2. The van der Waals surface area contributed by atoms with Crippen LogP contribution in [0.1, 0.15) is 6.92 Å². The van der Waals surface area contributed by atoms with Gasteiger partial charge in [-0.1, -0.05) is 18.7 Å². The smallest absolute Gasteiger partial charge is 0.313 e. The molecule has 1 aromatic heterocycles. The van der Waals surface area contributed by atoms with Gasteiger partial charge in [0.05, 0.1) is 12.3 Å². The molecule has 0 saturated carbocycles. The second kappa shape index (κ2) is 6.44. The summed E-state index contributed by atoms with van der Waals surface area (Å²) < 4.78 is 1.62. The third kappa shape index (κ3) is 4.15. The number of nitrogens with zero attached hydrogens (tertiary/aromatic N) is 5. The Balaban J connectivity index is 2.46. The van der Waals surface area contributed by atoms with Gasteiger partial charge < -0.3 is 10.0 Å². The first-order chi connectivity index (χ1) is 7.63. The van der Waals surface area contributed by atoms with E-state index < -0.39 is 5.97 Å². The highest BCUT2D eigenvalue weighted by molar-refractivity contribution is 7.99. The number of rotatable bonds is 7. The Kier molecular flexibility index (Phi) is 5.20. The fraction of sp³-hybridized carbons (Fsp3) is 0.750. The fourth-order valence-electron chi connectivity index (χ4n) is 0.990. The number of hydrogen-bond acceptors (Lipinski definition) is 6. The van der Waals surface area contributed by atoms with Crippen LogP contribution in [-0.2, 0) is 11.3 Å². The van der Waals surface area contributed by atoms with E-state index in [1.165, 1.54) is 0 Å². The summed E-state index contributed by atoms with van der Waals surface area (Å²) in [6.07, 6.45) is 0. The van der Waals surface area contributed by atoms with Crippen molar-refractivity contribution in [1.82, 2.24) is 25.1 Å². The zero-order valence-electron chi connectivity index (χ0n) is 9.33. The average Bonchev–Trinajstić information content (AvgIpc) is 2.70. The van der Waals surface area contributed by atoms with Gasteiger partial charge in [-0.15, -0.1) is 5.10 Å². The van der Waals surface area contributed by atoms with E-state index in [1.807, 2.05) is 7.05 Å². The zero-order chi connectivity index (χ0) is 12.0. The summed E-state index contributed by atoms with van der Waals surface area (Å²) in [5, 5.41) is 20.2. The first-order valence-electron chi connectivity index (χ1n) is 4.92. The maximum Gasteiger partial charge on any atom is 0.313 e. The van der Waals surface area contributed by atoms with E-state index in [4.69, 9.17) is 5.11 Å². The van der Waals surface area contributed by atoms with Gasteiger partial charge in [-0.25, -0.2) is 4.68 Å². The number of carboxylic acids is 1. The van der Waals surface area contributed by atoms with Crippen molar-refractivity contribution < 1.29 is 9.90 Å². The lowest BCUT2D eigenvalue weighted by Gasteiger charge is -2.13. The van der Waals surface area contributed by atoms with Crippen molar-refractivity contribution in [2.75, 3.05) is 25.9 Å². The summed E-state index contributed by atoms with van der Waals surface area (Å²) in [4.78, 5) is 12.5. The van der Waals surface area contributed by atoms with E-state index in [2.05, 4.69) is 27.3 Å². The Bertz CT molecular complexity index is 343. The minimum absolute atomic E-state index is 0.0238. The molecule has 7 nitrogen and oxygen atoms in total. The monoisotopic (exact) mass is 245 g/mol. The van der Waals surface area contributed by atoms with Crippen molar-refractivity contribution in [3.63, 3.8) is 0 Å². The minimum Gasteiger partial charge on any atom is -0.481 e. The molecule has 0 aliphatic heterocycles. The van der Waals surface area contributed by atoms with E-state index in [0.29, 0.717) is 11.7 Å². The Labute approximate surface area is 97.8 Å². The number of thioether (sulfide) groups is 1. The number of hydrogen-bond donors (Lipinski definition) is 1. The van der Waals surface area contributed by atoms with Gasteiger partial charge >= 0.3 is 5.97 Å². The molecule has 1 aromatic rings. The van der Waals surface area contributed by atoms with Gasteiger partial charge in [-0.05, 0) is 24.0 Å². The van der Waals surface area contributed by atoms with Crippen LogP contribution in [0.15, 0.2) is 5.16 Å². The molecule has 16 heavy (non-hydrogen) atoms. The number of likely N-dealkylation sites (N-methyl/N-ethyl adjacent to an activating group) is 1. The third-order valence-corrected chi connectivity index (χ3v) is 3.00. The predicted molar refractivity (Wildman–Crippen MR) is 59.3 cm³/mol. The zero-order valence-corrected chi connectivity index (χ0v) is 10.1. The average molecular weight is 245 g/mol. The SMILES string of the molecule is CCN(C)CCn1nnnc1SCC(=O)O. The standard InChI is InChI=1S/C8H15N5O2S/c1-3-12(2)4-5-13-8(9-10-11-13)16-6-7(14)15/h3-6H2,1-2H3,(H,14,15). The molecule has 0 aliphatic rings. The van der Waals surface area contributed by atoms with E-state index in [0.717, 1.165) is 24.9 Å². The van der Waals surface area contributed by atoms with Gasteiger partial charge in [0, 0.05) is 6.54 Å². The molecule has 0 saturated heterocycles. The molecule has 90 valence electrons. The molecule has 0 unspecified atom stereocenters. The molecule has 8 heteroatoms. The van der Waals surface area contributed by atoms with Crippen LogP contribution in [0.5, 0.6) is 0 Å². The summed E-state index contributed by atoms with van der Waals surface area (Å²) >= 11 is 1.13. The van der Waals surface area contributed by atoms with Gasteiger partial charge in [0.1, 0.15) is 0 Å². The molecular formula is C8H15N5O2S. The Hall–Kier alpha value is -1.15. The number of carboxylic acid groups (broad SMARTS) is 1. The lowest BCUT2D eigenvalue weighted by Crippen LogP contribution is -2.23. The molecule has 0 aromatic carbocycles. The van der Waals surface area contributed by atoms with Crippen molar-refractivity contribution in [1.29, 1.82) is 0 Å². The lowest BCUT2D eigenvalue weighted by atomic mass is 10.5. The molecule has 1 N–H and O–H groups in total. The van der Waals surface area contributed by atoms with Crippen LogP contribution in [0.25, 0.3) is 0 Å². The summed E-state index contributed by atoms with van der Waals surface area (Å²) in [5.41, 5.74) is 0. The summed E-state index contributed by atoms with van der Waals surface area (Å²) in [7, 11) is 2.01. The molecule has 0 aliphatic carbocycles. The first-order valence-corrected chi connectivity index (χ1v) is 5.91. The third-order valence-electron chi connectivity index (χ3n) is 2.06. The van der Waals surface area contributed by atoms with Crippen LogP contribution < -0.4 is 0 Å². The van der Waals surface area contributed by atoms with Crippen LogP contribution in [-0.4, -0.2) is 62.1 Å². The predicted octanol–water partition coefficient (Wildman–Crippen LogP) is -0.199. The molecule has 0 fully saturated rings. The van der Waals surface area contributed by atoms with Gasteiger partial charge in [0.25, 0.3) is 0 Å². The molecule has 0 atom stereocenters. The second-order valence-corrected chi connectivity index (χ2v) is 4.21. The van der Waals surface area contributed by atoms with Gasteiger partial charge in [0.2, 0.25) is 5.16 Å². The molecular weight excluding hydrogens is 230 g/mol. The lowest BCUT2D eigenvalue weighted by molar-refractivity contribution is -0.133. The van der Waals surface area contributed by atoms with Crippen LogP contribution >= 0.6 is 11.8 Å². The maximum atomic E-state index is 10.4. The second-order valence-electron chi connectivity index (χ2n) is 3.26. The fourth-order valence-corrected chi connectivity index (χ4v) is 1.61. The van der Waals surface area contributed by atoms with E-state index >= 15 is 0 Å². The minimum atomic E-state index is -0.870. The molecule has 1 heterocycles. The van der Waals surface area contributed by atoms with Gasteiger partial charge in [-0.3, -0.25) is 4.79 Å². The normalized spacial score (nSPS) is 10.9. The molecule has 0 amide bonds. The van der Waals surface area contributed by atoms with E-state index in [1.54, 1.807) is 4.68 Å². The highest BCUT2D eigenvalue weighted by Crippen LogP contribution is 2.12. The summed E-state index contributed by atoms with van der Waals surface area (Å²) in [5.74, 6) is -0.894. The Morgan fingerprint density at radius 2 is 2.38 bits per heavy atom.